The second-order valence-electron chi connectivity index (χ2n) is 6.48. The van der Waals surface area contributed by atoms with Gasteiger partial charge in [-0.1, -0.05) is 6.07 Å². The molecule has 0 aliphatic rings. The predicted octanol–water partition coefficient (Wildman–Crippen LogP) is 3.51. The molecule has 8 nitrogen and oxygen atoms in total. The Hall–Kier alpha value is -4.33. The summed E-state index contributed by atoms with van der Waals surface area (Å²) < 4.78 is 0. The number of nitrogens with zero attached hydrogens (tertiary/aromatic N) is 4. The van der Waals surface area contributed by atoms with Crippen LogP contribution < -0.4 is 17.2 Å². The van der Waals surface area contributed by atoms with Gasteiger partial charge in [-0.05, 0) is 68.8 Å². The molecule has 0 saturated heterocycles. The summed E-state index contributed by atoms with van der Waals surface area (Å²) in [5, 5.41) is 0. The Kier molecular flexibility index (Phi) is 11.7. The average Bonchev–Trinajstić information content (AvgIpc) is 2.80. The number of nitrogen functional groups attached to an aromatic ring is 2. The third-order valence-electron chi connectivity index (χ3n) is 3.95. The van der Waals surface area contributed by atoms with Crippen LogP contribution >= 0.6 is 0 Å². The van der Waals surface area contributed by atoms with Crippen LogP contribution in [0.15, 0.2) is 85.7 Å². The van der Waals surface area contributed by atoms with Crippen LogP contribution in [0.4, 0.5) is 11.4 Å². The van der Waals surface area contributed by atoms with Gasteiger partial charge in [-0.15, -0.1) is 0 Å². The summed E-state index contributed by atoms with van der Waals surface area (Å²) in [4.78, 5) is 25.9. The molecule has 0 aromatic carbocycles. The van der Waals surface area contributed by atoms with Gasteiger partial charge in [-0.25, -0.2) is 0 Å². The van der Waals surface area contributed by atoms with Crippen LogP contribution in [-0.4, -0.2) is 25.8 Å². The average molecular weight is 432 g/mol. The van der Waals surface area contributed by atoms with E-state index in [1.54, 1.807) is 49.1 Å². The Labute approximate surface area is 188 Å². The van der Waals surface area contributed by atoms with Crippen molar-refractivity contribution in [1.82, 2.24) is 19.9 Å². The van der Waals surface area contributed by atoms with Crippen LogP contribution in [-0.2, 0) is 0 Å². The number of primary amides is 1. The molecule has 0 radical (unpaired) electrons. The lowest BCUT2D eigenvalue weighted by atomic mass is 10.2. The molecule has 6 N–H and O–H groups in total. The second kappa shape index (κ2) is 14.6. The molecule has 0 saturated carbocycles. The molecule has 0 unspecified atom stereocenters. The van der Waals surface area contributed by atoms with Crippen LogP contribution in [0.3, 0.4) is 0 Å². The fourth-order valence-corrected chi connectivity index (χ4v) is 1.95. The van der Waals surface area contributed by atoms with Crippen molar-refractivity contribution >= 4 is 17.3 Å². The van der Waals surface area contributed by atoms with Crippen molar-refractivity contribution in [3.63, 3.8) is 0 Å². The van der Waals surface area contributed by atoms with Crippen LogP contribution in [0.1, 0.15) is 27.3 Å². The zero-order chi connectivity index (χ0) is 23.8. The number of hydrogen-bond acceptors (Lipinski definition) is 7. The number of aryl methyl sites for hydroxylation is 3. The van der Waals surface area contributed by atoms with Crippen LogP contribution in [0.5, 0.6) is 0 Å². The molecule has 4 aromatic heterocycles. The molecule has 0 bridgehead atoms. The van der Waals surface area contributed by atoms with Gasteiger partial charge in [0.05, 0.1) is 22.6 Å². The standard InChI is InChI=1S/C7H9N.C6H6N2O.C6H8N2.C5H6N2/c1-6-4-3-5-8-7(6)2;7-6(9)5-2-1-3-8-4-5;1-5-6(7)3-2-4-8-5;6-5-2-1-3-7-4-5/h3-5H,1-2H3;1-4H,(H2,7,9);2-4H,7H2,1H3;1-4H,6H2. The minimum Gasteiger partial charge on any atom is -0.397 e. The van der Waals surface area contributed by atoms with E-state index in [4.69, 9.17) is 17.2 Å². The highest BCUT2D eigenvalue weighted by molar-refractivity contribution is 5.92. The summed E-state index contributed by atoms with van der Waals surface area (Å²) in [7, 11) is 0. The fraction of sp³-hybridized carbons (Fsp3) is 0.125. The van der Waals surface area contributed by atoms with Crippen LogP contribution in [0.25, 0.3) is 0 Å². The molecule has 0 spiro atoms. The van der Waals surface area contributed by atoms with Gasteiger partial charge >= 0.3 is 0 Å². The van der Waals surface area contributed by atoms with Crippen molar-refractivity contribution in [3.05, 3.63) is 108 Å². The van der Waals surface area contributed by atoms with Crippen molar-refractivity contribution < 1.29 is 4.79 Å². The first-order valence-corrected chi connectivity index (χ1v) is 9.72. The van der Waals surface area contributed by atoms with Crippen molar-refractivity contribution in [2.24, 2.45) is 5.73 Å². The highest BCUT2D eigenvalue weighted by Crippen LogP contribution is 2.02. The van der Waals surface area contributed by atoms with E-state index in [2.05, 4.69) is 32.9 Å². The molecule has 4 aromatic rings. The number of amides is 1. The van der Waals surface area contributed by atoms with E-state index >= 15 is 0 Å². The zero-order valence-corrected chi connectivity index (χ0v) is 18.5. The first-order chi connectivity index (χ1) is 15.3. The van der Waals surface area contributed by atoms with Crippen molar-refractivity contribution in [3.8, 4) is 0 Å². The number of nitrogens with two attached hydrogens (primary N) is 3. The number of pyridine rings is 4. The van der Waals surface area contributed by atoms with E-state index in [1.807, 2.05) is 38.2 Å². The molecule has 4 rings (SSSR count). The molecule has 32 heavy (non-hydrogen) atoms. The summed E-state index contributed by atoms with van der Waals surface area (Å²) in [6.07, 6.45) is 9.86. The molecule has 4 heterocycles. The normalized spacial score (nSPS) is 8.97. The van der Waals surface area contributed by atoms with Gasteiger partial charge in [-0.2, -0.15) is 0 Å². The van der Waals surface area contributed by atoms with Gasteiger partial charge < -0.3 is 17.2 Å². The Balaban J connectivity index is 0.000000214. The van der Waals surface area contributed by atoms with E-state index < -0.39 is 5.91 Å². The Bertz CT molecular complexity index is 972. The number of rotatable bonds is 1. The SMILES string of the molecule is Cc1cccnc1C.Cc1ncccc1N.NC(=O)c1cccnc1.Nc1cccnc1. The molecule has 0 atom stereocenters. The topological polar surface area (TPSA) is 147 Å². The molecule has 8 heteroatoms. The molecule has 0 fully saturated rings. The van der Waals surface area contributed by atoms with Gasteiger partial charge in [0.2, 0.25) is 5.91 Å². The second-order valence-corrected chi connectivity index (χ2v) is 6.48. The van der Waals surface area contributed by atoms with Gasteiger partial charge in [0.15, 0.2) is 0 Å². The van der Waals surface area contributed by atoms with Crippen LogP contribution in [0, 0.1) is 20.8 Å². The largest absolute Gasteiger partial charge is 0.397 e. The Morgan fingerprint density at radius 2 is 1.28 bits per heavy atom. The highest BCUT2D eigenvalue weighted by Gasteiger charge is 1.95. The zero-order valence-electron chi connectivity index (χ0n) is 18.5. The van der Waals surface area contributed by atoms with E-state index in [0.717, 1.165) is 17.1 Å². The Morgan fingerprint density at radius 1 is 0.719 bits per heavy atom. The lowest BCUT2D eigenvalue weighted by Gasteiger charge is -1.92. The maximum atomic E-state index is 10.4. The fourth-order valence-electron chi connectivity index (χ4n) is 1.95. The lowest BCUT2D eigenvalue weighted by molar-refractivity contribution is 0.1000. The lowest BCUT2D eigenvalue weighted by Crippen LogP contribution is -2.10. The molecule has 1 amide bonds. The van der Waals surface area contributed by atoms with Crippen LogP contribution in [0.2, 0.25) is 0 Å². The number of hydrogen-bond donors (Lipinski definition) is 3. The number of carbonyl (C=O) groups is 1. The van der Waals surface area contributed by atoms with E-state index in [-0.39, 0.29) is 0 Å². The highest BCUT2D eigenvalue weighted by atomic mass is 16.1. The summed E-state index contributed by atoms with van der Waals surface area (Å²) in [5.41, 5.74) is 20.9. The summed E-state index contributed by atoms with van der Waals surface area (Å²) in [6.45, 7) is 5.95. The predicted molar refractivity (Wildman–Crippen MR) is 129 cm³/mol. The smallest absolute Gasteiger partial charge is 0.250 e. The summed E-state index contributed by atoms with van der Waals surface area (Å²) in [6, 6.07) is 14.5. The van der Waals surface area contributed by atoms with Crippen molar-refractivity contribution in [2.45, 2.75) is 20.8 Å². The number of carbonyl (C=O) groups excluding carboxylic acids is 1. The van der Waals surface area contributed by atoms with E-state index in [1.165, 1.54) is 11.8 Å². The Morgan fingerprint density at radius 3 is 1.56 bits per heavy atom. The van der Waals surface area contributed by atoms with Crippen molar-refractivity contribution in [1.29, 1.82) is 0 Å². The number of anilines is 2. The van der Waals surface area contributed by atoms with E-state index in [9.17, 15) is 4.79 Å². The number of aromatic nitrogens is 4. The minimum absolute atomic E-state index is 0.442. The first-order valence-electron chi connectivity index (χ1n) is 9.72. The van der Waals surface area contributed by atoms with Gasteiger partial charge in [0.1, 0.15) is 0 Å². The summed E-state index contributed by atoms with van der Waals surface area (Å²) in [5.74, 6) is -0.442. The maximum absolute atomic E-state index is 10.4. The first kappa shape index (κ1) is 25.7. The quantitative estimate of drug-likeness (QED) is 0.418. The molecule has 166 valence electrons. The minimum atomic E-state index is -0.442. The van der Waals surface area contributed by atoms with E-state index in [0.29, 0.717) is 11.3 Å². The third-order valence-corrected chi connectivity index (χ3v) is 3.95. The molecule has 0 aliphatic carbocycles. The van der Waals surface area contributed by atoms with Gasteiger partial charge in [-0.3, -0.25) is 24.7 Å². The van der Waals surface area contributed by atoms with Crippen molar-refractivity contribution in [2.75, 3.05) is 11.5 Å². The third kappa shape index (κ3) is 11.0. The maximum Gasteiger partial charge on any atom is 0.250 e. The molecular formula is C24H29N7O. The monoisotopic (exact) mass is 431 g/mol. The van der Waals surface area contributed by atoms with Gasteiger partial charge in [0.25, 0.3) is 0 Å². The molecule has 0 aliphatic heterocycles. The van der Waals surface area contributed by atoms with Gasteiger partial charge in [0, 0.05) is 42.9 Å². The summed E-state index contributed by atoms with van der Waals surface area (Å²) >= 11 is 0. The molecular weight excluding hydrogens is 402 g/mol.